The first-order valence-corrected chi connectivity index (χ1v) is 11.9. The zero-order chi connectivity index (χ0) is 26.3. The van der Waals surface area contributed by atoms with Gasteiger partial charge >= 0.3 is 12.1 Å². The maximum atomic E-state index is 13.5. The Bertz CT molecular complexity index is 1540. The minimum Gasteiger partial charge on any atom is -0.465 e. The van der Waals surface area contributed by atoms with Crippen molar-refractivity contribution in [3.05, 3.63) is 82.6 Å². The first-order valence-electron chi connectivity index (χ1n) is 11.9. The van der Waals surface area contributed by atoms with E-state index in [1.54, 1.807) is 18.3 Å². The Kier molecular flexibility index (Phi) is 6.41. The summed E-state index contributed by atoms with van der Waals surface area (Å²) < 4.78 is 52.7. The lowest BCUT2D eigenvalue weighted by Crippen LogP contribution is -2.14. The predicted octanol–water partition coefficient (Wildman–Crippen LogP) is 6.58. The highest BCUT2D eigenvalue weighted by molar-refractivity contribution is 5.97. The van der Waals surface area contributed by atoms with Gasteiger partial charge in [0.2, 0.25) is 0 Å². The lowest BCUT2D eigenvalue weighted by molar-refractivity contribution is -0.138. The molecule has 0 unspecified atom stereocenters. The maximum absolute atomic E-state index is 13.5. The molecule has 0 fully saturated rings. The van der Waals surface area contributed by atoms with Crippen molar-refractivity contribution in [2.45, 2.75) is 32.5 Å². The van der Waals surface area contributed by atoms with Crippen LogP contribution in [0.4, 0.5) is 19.0 Å². The molecule has 0 aliphatic carbocycles. The summed E-state index contributed by atoms with van der Waals surface area (Å²) in [6, 6.07) is 11.4. The zero-order valence-corrected chi connectivity index (χ0v) is 20.6. The summed E-state index contributed by atoms with van der Waals surface area (Å²) in [5.74, 6) is 0.0286. The summed E-state index contributed by atoms with van der Waals surface area (Å²) in [6.45, 7) is 4.47. The SMILES string of the molecule is COC(=O)c1cc2nc(N[C@H](C)c3cccc(C(F)(F)F)c3C)c3cc(C4=CCOCC4)ccc3n2c1. The van der Waals surface area contributed by atoms with Crippen LogP contribution in [0.3, 0.4) is 0 Å². The third-order valence-electron chi connectivity index (χ3n) is 6.79. The Labute approximate surface area is 211 Å². The number of alkyl halides is 3. The van der Waals surface area contributed by atoms with Gasteiger partial charge in [0.25, 0.3) is 0 Å². The van der Waals surface area contributed by atoms with Crippen molar-refractivity contribution in [3.63, 3.8) is 0 Å². The normalized spacial score (nSPS) is 15.0. The molecule has 0 spiro atoms. The number of aromatic nitrogens is 2. The summed E-state index contributed by atoms with van der Waals surface area (Å²) >= 11 is 0. The van der Waals surface area contributed by atoms with Crippen LogP contribution < -0.4 is 5.32 Å². The quantitative estimate of drug-likeness (QED) is 0.308. The number of hydrogen-bond acceptors (Lipinski definition) is 5. The molecule has 3 heterocycles. The molecule has 0 radical (unpaired) electrons. The van der Waals surface area contributed by atoms with Gasteiger partial charge in [-0.1, -0.05) is 24.3 Å². The van der Waals surface area contributed by atoms with E-state index >= 15 is 0 Å². The van der Waals surface area contributed by atoms with Gasteiger partial charge in [0.1, 0.15) is 11.5 Å². The van der Waals surface area contributed by atoms with E-state index in [0.717, 1.165) is 34.5 Å². The number of halogens is 3. The second kappa shape index (κ2) is 9.55. The molecule has 1 aliphatic heterocycles. The average Bonchev–Trinajstić information content (AvgIpc) is 3.32. The van der Waals surface area contributed by atoms with Gasteiger partial charge in [-0.25, -0.2) is 9.78 Å². The molecule has 0 bridgehead atoms. The van der Waals surface area contributed by atoms with Crippen LogP contribution in [0.15, 0.2) is 54.7 Å². The Morgan fingerprint density at radius 3 is 2.73 bits per heavy atom. The van der Waals surface area contributed by atoms with Gasteiger partial charge in [-0.05, 0) is 66.8 Å². The van der Waals surface area contributed by atoms with Crippen LogP contribution in [0.2, 0.25) is 0 Å². The second-order valence-corrected chi connectivity index (χ2v) is 9.08. The van der Waals surface area contributed by atoms with Gasteiger partial charge in [-0.3, -0.25) is 0 Å². The highest BCUT2D eigenvalue weighted by Gasteiger charge is 2.33. The second-order valence-electron chi connectivity index (χ2n) is 9.08. The van der Waals surface area contributed by atoms with Crippen molar-refractivity contribution in [2.75, 3.05) is 25.6 Å². The van der Waals surface area contributed by atoms with Gasteiger partial charge in [0.05, 0.1) is 43.0 Å². The van der Waals surface area contributed by atoms with Crippen LogP contribution in [-0.4, -0.2) is 35.7 Å². The molecule has 0 saturated heterocycles. The third kappa shape index (κ3) is 4.67. The number of nitrogens with one attached hydrogen (secondary N) is 1. The molecular weight excluding hydrogens is 483 g/mol. The van der Waals surface area contributed by atoms with E-state index in [-0.39, 0.29) is 5.56 Å². The zero-order valence-electron chi connectivity index (χ0n) is 20.6. The summed E-state index contributed by atoms with van der Waals surface area (Å²) in [6.07, 6.45) is 0.0589. The van der Waals surface area contributed by atoms with E-state index < -0.39 is 23.8 Å². The fourth-order valence-corrected chi connectivity index (χ4v) is 4.88. The molecule has 1 aliphatic rings. The van der Waals surface area contributed by atoms with Crippen molar-refractivity contribution in [2.24, 2.45) is 0 Å². The summed E-state index contributed by atoms with van der Waals surface area (Å²) in [5.41, 5.74) is 3.88. The number of ether oxygens (including phenoxy) is 2. The first-order chi connectivity index (χ1) is 17.7. The smallest absolute Gasteiger partial charge is 0.416 e. The number of anilines is 1. The molecule has 6 nitrogen and oxygen atoms in total. The van der Waals surface area contributed by atoms with Crippen LogP contribution in [0.5, 0.6) is 0 Å². The number of rotatable bonds is 5. The average molecular weight is 510 g/mol. The van der Waals surface area contributed by atoms with Crippen LogP contribution in [0.1, 0.15) is 52.0 Å². The number of esters is 1. The molecule has 1 atom stereocenters. The number of carbonyl (C=O) groups excluding carboxylic acids is 1. The molecule has 1 N–H and O–H groups in total. The number of benzene rings is 2. The molecule has 9 heteroatoms. The van der Waals surface area contributed by atoms with E-state index in [1.807, 2.05) is 35.6 Å². The Balaban J connectivity index is 1.65. The highest BCUT2D eigenvalue weighted by Crippen LogP contribution is 2.36. The van der Waals surface area contributed by atoms with E-state index in [9.17, 15) is 18.0 Å². The molecule has 0 amide bonds. The Morgan fingerprint density at radius 2 is 2.03 bits per heavy atom. The van der Waals surface area contributed by atoms with Gasteiger partial charge in [-0.15, -0.1) is 0 Å². The van der Waals surface area contributed by atoms with Gasteiger partial charge < -0.3 is 19.2 Å². The summed E-state index contributed by atoms with van der Waals surface area (Å²) in [4.78, 5) is 17.0. The van der Waals surface area contributed by atoms with E-state index in [2.05, 4.69) is 5.32 Å². The first kappa shape index (κ1) is 24.8. The highest BCUT2D eigenvalue weighted by atomic mass is 19.4. The molecule has 5 rings (SSSR count). The number of carbonyl (C=O) groups is 1. The van der Waals surface area contributed by atoms with Gasteiger partial charge in [-0.2, -0.15) is 13.2 Å². The van der Waals surface area contributed by atoms with Crippen LogP contribution in [0.25, 0.3) is 22.1 Å². The van der Waals surface area contributed by atoms with Crippen molar-refractivity contribution < 1.29 is 27.4 Å². The number of fused-ring (bicyclic) bond motifs is 3. The predicted molar refractivity (Wildman–Crippen MR) is 136 cm³/mol. The van der Waals surface area contributed by atoms with Gasteiger partial charge in [0.15, 0.2) is 0 Å². The molecule has 2 aromatic carbocycles. The molecule has 2 aromatic heterocycles. The standard InChI is InChI=1S/C28H26F3N3O3/c1-16-21(5-4-6-23(16)28(29,30)31)17(2)32-26-22-13-19(18-9-11-37-12-10-18)7-8-24(22)34-15-20(27(35)36-3)14-25(34)33-26/h4-9,13-15,17H,10-12H2,1-3H3,(H,32,33)/t17-/m1/s1. The molecular formula is C28H26F3N3O3. The fourth-order valence-electron chi connectivity index (χ4n) is 4.88. The van der Waals surface area contributed by atoms with E-state index in [0.29, 0.717) is 35.8 Å². The minimum atomic E-state index is -4.44. The monoisotopic (exact) mass is 509 g/mol. The van der Waals surface area contributed by atoms with Crippen LogP contribution >= 0.6 is 0 Å². The molecule has 37 heavy (non-hydrogen) atoms. The van der Waals surface area contributed by atoms with Crippen LogP contribution in [-0.2, 0) is 15.7 Å². The lowest BCUT2D eigenvalue weighted by atomic mass is 9.97. The van der Waals surface area contributed by atoms with Crippen molar-refractivity contribution in [3.8, 4) is 0 Å². The number of hydrogen-bond donors (Lipinski definition) is 1. The molecule has 0 saturated carbocycles. The van der Waals surface area contributed by atoms with Crippen molar-refractivity contribution in [1.82, 2.24) is 9.38 Å². The fraction of sp³-hybridized carbons (Fsp3) is 0.286. The number of methoxy groups -OCH3 is 1. The summed E-state index contributed by atoms with van der Waals surface area (Å²) in [7, 11) is 1.32. The molecule has 4 aromatic rings. The van der Waals surface area contributed by atoms with Crippen molar-refractivity contribution >= 4 is 33.9 Å². The Hall–Kier alpha value is -3.85. The van der Waals surface area contributed by atoms with Crippen molar-refractivity contribution in [1.29, 1.82) is 0 Å². The number of nitrogens with zero attached hydrogens (tertiary/aromatic N) is 2. The topological polar surface area (TPSA) is 64.9 Å². The minimum absolute atomic E-state index is 0.170. The summed E-state index contributed by atoms with van der Waals surface area (Å²) in [5, 5.41) is 4.12. The van der Waals surface area contributed by atoms with E-state index in [1.165, 1.54) is 20.1 Å². The Morgan fingerprint density at radius 1 is 1.22 bits per heavy atom. The van der Waals surface area contributed by atoms with Crippen LogP contribution in [0, 0.1) is 6.92 Å². The third-order valence-corrected chi connectivity index (χ3v) is 6.79. The maximum Gasteiger partial charge on any atom is 0.416 e. The lowest BCUT2D eigenvalue weighted by Gasteiger charge is -2.22. The molecule has 192 valence electrons. The largest absolute Gasteiger partial charge is 0.465 e. The van der Waals surface area contributed by atoms with E-state index in [4.69, 9.17) is 14.5 Å². The van der Waals surface area contributed by atoms with Gasteiger partial charge in [0, 0.05) is 11.6 Å².